The number of nitrogens with zero attached hydrogens (tertiary/aromatic N) is 1. The molecule has 0 aliphatic carbocycles. The summed E-state index contributed by atoms with van der Waals surface area (Å²) in [5.74, 6) is 0.341. The van der Waals surface area contributed by atoms with Gasteiger partial charge in [0.2, 0.25) is 0 Å². The SMILES string of the molecule is O=C1CSC([S])=N1. The molecule has 1 heterocycles. The van der Waals surface area contributed by atoms with Crippen LogP contribution in [0.3, 0.4) is 0 Å². The number of carbonyl (C=O) groups excluding carboxylic acids is 1. The summed E-state index contributed by atoms with van der Waals surface area (Å²) in [7, 11) is 0. The highest BCUT2D eigenvalue weighted by molar-refractivity contribution is 8.33. The maximum atomic E-state index is 10.2. The number of amides is 1. The van der Waals surface area contributed by atoms with Crippen molar-refractivity contribution in [2.75, 3.05) is 5.75 Å². The van der Waals surface area contributed by atoms with Crippen LogP contribution in [0.25, 0.3) is 0 Å². The summed E-state index contributed by atoms with van der Waals surface area (Å²) in [4.78, 5) is 13.6. The molecule has 1 radical (unpaired) electrons. The molecule has 0 unspecified atom stereocenters. The van der Waals surface area contributed by atoms with Crippen molar-refractivity contribution >= 4 is 34.7 Å². The second kappa shape index (κ2) is 1.79. The van der Waals surface area contributed by atoms with Crippen LogP contribution in [0.15, 0.2) is 4.99 Å². The van der Waals surface area contributed by atoms with E-state index >= 15 is 0 Å². The van der Waals surface area contributed by atoms with E-state index in [4.69, 9.17) is 0 Å². The van der Waals surface area contributed by atoms with E-state index < -0.39 is 0 Å². The van der Waals surface area contributed by atoms with Crippen molar-refractivity contribution in [3.8, 4) is 0 Å². The van der Waals surface area contributed by atoms with E-state index in [9.17, 15) is 4.79 Å². The van der Waals surface area contributed by atoms with E-state index in [1.54, 1.807) is 0 Å². The fraction of sp³-hybridized carbons (Fsp3) is 0.333. The Morgan fingerprint density at radius 3 is 2.71 bits per heavy atom. The lowest BCUT2D eigenvalue weighted by Gasteiger charge is -1.72. The molecule has 0 aromatic rings. The molecule has 0 atom stereocenters. The van der Waals surface area contributed by atoms with Gasteiger partial charge in [0.1, 0.15) is 0 Å². The number of thioether (sulfide) groups is 1. The van der Waals surface area contributed by atoms with Crippen LogP contribution in [0.1, 0.15) is 0 Å². The van der Waals surface area contributed by atoms with Gasteiger partial charge in [0.05, 0.1) is 5.75 Å². The monoisotopic (exact) mass is 132 g/mol. The third kappa shape index (κ3) is 1.14. The fourth-order valence-corrected chi connectivity index (χ4v) is 1.05. The molecule has 0 fully saturated rings. The summed E-state index contributed by atoms with van der Waals surface area (Å²) in [6.07, 6.45) is 0. The predicted molar refractivity (Wildman–Crippen MR) is 32.5 cm³/mol. The first kappa shape index (κ1) is 5.05. The Bertz CT molecular complexity index is 131. The van der Waals surface area contributed by atoms with Crippen molar-refractivity contribution in [1.29, 1.82) is 0 Å². The Morgan fingerprint density at radius 2 is 2.57 bits per heavy atom. The number of hydrogen-bond acceptors (Lipinski definition) is 2. The third-order valence-corrected chi connectivity index (χ3v) is 1.71. The zero-order chi connectivity index (χ0) is 5.28. The van der Waals surface area contributed by atoms with Crippen LogP contribution in [0.4, 0.5) is 0 Å². The van der Waals surface area contributed by atoms with E-state index in [2.05, 4.69) is 17.6 Å². The van der Waals surface area contributed by atoms with Crippen LogP contribution in [-0.4, -0.2) is 16.0 Å². The van der Waals surface area contributed by atoms with E-state index in [0.29, 0.717) is 10.1 Å². The van der Waals surface area contributed by atoms with E-state index in [1.807, 2.05) is 0 Å². The zero-order valence-corrected chi connectivity index (χ0v) is 5.01. The van der Waals surface area contributed by atoms with Gasteiger partial charge in [-0.1, -0.05) is 24.4 Å². The van der Waals surface area contributed by atoms with Gasteiger partial charge in [0, 0.05) is 0 Å². The number of rotatable bonds is 0. The highest BCUT2D eigenvalue weighted by atomic mass is 32.2. The highest BCUT2D eigenvalue weighted by Crippen LogP contribution is 2.14. The average Bonchev–Trinajstić information content (AvgIpc) is 1.87. The maximum absolute atomic E-state index is 10.2. The molecular weight excluding hydrogens is 130 g/mol. The Morgan fingerprint density at radius 1 is 1.86 bits per heavy atom. The van der Waals surface area contributed by atoms with Crippen LogP contribution in [0.5, 0.6) is 0 Å². The van der Waals surface area contributed by atoms with Gasteiger partial charge in [0.15, 0.2) is 4.38 Å². The number of carbonyl (C=O) groups is 1. The second-order valence-electron chi connectivity index (χ2n) is 1.06. The molecule has 1 aliphatic heterocycles. The first-order valence-corrected chi connectivity index (χ1v) is 3.10. The van der Waals surface area contributed by atoms with Crippen LogP contribution < -0.4 is 0 Å². The van der Waals surface area contributed by atoms with Crippen LogP contribution in [0, 0.1) is 0 Å². The molecule has 7 heavy (non-hydrogen) atoms. The van der Waals surface area contributed by atoms with Crippen molar-refractivity contribution in [2.45, 2.75) is 0 Å². The second-order valence-corrected chi connectivity index (χ2v) is 2.67. The molecule has 1 rings (SSSR count). The summed E-state index contributed by atoms with van der Waals surface area (Å²) >= 11 is 5.89. The summed E-state index contributed by atoms with van der Waals surface area (Å²) < 4.78 is 0.477. The van der Waals surface area contributed by atoms with E-state index in [0.717, 1.165) is 0 Å². The van der Waals surface area contributed by atoms with Crippen molar-refractivity contribution in [3.63, 3.8) is 0 Å². The summed E-state index contributed by atoms with van der Waals surface area (Å²) in [6.45, 7) is 0. The third-order valence-electron chi connectivity index (χ3n) is 0.535. The summed E-state index contributed by atoms with van der Waals surface area (Å²) in [5.41, 5.74) is 0. The Balaban J connectivity index is 2.67. The Labute approximate surface area is 50.8 Å². The van der Waals surface area contributed by atoms with Gasteiger partial charge in [-0.2, -0.15) is 4.99 Å². The number of hydrogen-bond donors (Lipinski definition) is 0. The minimum atomic E-state index is -0.102. The number of aliphatic imine (C=N–C) groups is 1. The molecule has 0 spiro atoms. The van der Waals surface area contributed by atoms with Crippen LogP contribution in [-0.2, 0) is 4.79 Å². The van der Waals surface area contributed by atoms with Gasteiger partial charge in [-0.25, -0.2) is 0 Å². The van der Waals surface area contributed by atoms with Crippen molar-refractivity contribution < 1.29 is 4.79 Å². The molecule has 0 bridgehead atoms. The van der Waals surface area contributed by atoms with Crippen molar-refractivity contribution in [2.24, 2.45) is 4.99 Å². The van der Waals surface area contributed by atoms with Crippen molar-refractivity contribution in [3.05, 3.63) is 0 Å². The predicted octanol–water partition coefficient (Wildman–Crippen LogP) is 0.813. The Kier molecular flexibility index (Phi) is 1.30. The molecule has 4 heteroatoms. The molecule has 1 amide bonds. The Hall–Kier alpha value is -0.0900. The molecule has 0 saturated carbocycles. The smallest absolute Gasteiger partial charge is 0.257 e. The molecule has 2 nitrogen and oxygen atoms in total. The van der Waals surface area contributed by atoms with Gasteiger partial charge < -0.3 is 0 Å². The molecule has 0 N–H and O–H groups in total. The normalized spacial score (nSPS) is 20.0. The largest absolute Gasteiger partial charge is 0.272 e. The highest BCUT2D eigenvalue weighted by Gasteiger charge is 2.10. The minimum Gasteiger partial charge on any atom is -0.272 e. The fourth-order valence-electron chi connectivity index (χ4n) is 0.290. The lowest BCUT2D eigenvalue weighted by molar-refractivity contribution is -0.115. The van der Waals surface area contributed by atoms with E-state index in [-0.39, 0.29) is 5.91 Å². The summed E-state index contributed by atoms with van der Waals surface area (Å²) in [5, 5.41) is 0. The molecule has 0 aromatic heterocycles. The molecular formula is C3H2NOS2. The first-order chi connectivity index (χ1) is 3.29. The van der Waals surface area contributed by atoms with Gasteiger partial charge in [-0.05, 0) is 0 Å². The topological polar surface area (TPSA) is 29.4 Å². The van der Waals surface area contributed by atoms with Crippen molar-refractivity contribution in [1.82, 2.24) is 0 Å². The minimum absolute atomic E-state index is 0.102. The van der Waals surface area contributed by atoms with Gasteiger partial charge in [0.25, 0.3) is 5.91 Å². The lowest BCUT2D eigenvalue weighted by atomic mass is 10.8. The first-order valence-electron chi connectivity index (χ1n) is 1.70. The van der Waals surface area contributed by atoms with Crippen LogP contribution in [0.2, 0.25) is 0 Å². The van der Waals surface area contributed by atoms with E-state index in [1.165, 1.54) is 11.8 Å². The van der Waals surface area contributed by atoms with Crippen LogP contribution >= 0.6 is 24.4 Å². The molecule has 37 valence electrons. The maximum Gasteiger partial charge on any atom is 0.257 e. The molecule has 0 aromatic carbocycles. The average molecular weight is 132 g/mol. The lowest BCUT2D eigenvalue weighted by Crippen LogP contribution is -1.86. The zero-order valence-electron chi connectivity index (χ0n) is 3.38. The summed E-state index contributed by atoms with van der Waals surface area (Å²) in [6, 6.07) is 0. The quantitative estimate of drug-likeness (QED) is 0.488. The molecule has 1 aliphatic rings. The standard InChI is InChI=1S/C3H2NOS2/c5-2-1-7-3(6)4-2/h1H2. The molecule has 0 saturated heterocycles. The van der Waals surface area contributed by atoms with Gasteiger partial charge >= 0.3 is 0 Å². The van der Waals surface area contributed by atoms with Gasteiger partial charge in [-0.3, -0.25) is 4.79 Å². The van der Waals surface area contributed by atoms with Gasteiger partial charge in [-0.15, -0.1) is 0 Å².